The Morgan fingerprint density at radius 3 is 2.74 bits per heavy atom. The molecule has 23 heavy (non-hydrogen) atoms. The number of hydrogen-bond acceptors (Lipinski definition) is 2. The first-order valence-electron chi connectivity index (χ1n) is 8.50. The van der Waals surface area contributed by atoms with E-state index >= 15 is 0 Å². The first kappa shape index (κ1) is 14.4. The molecule has 0 radical (unpaired) electrons. The van der Waals surface area contributed by atoms with E-state index in [4.69, 9.17) is 10.7 Å². The van der Waals surface area contributed by atoms with Crippen LogP contribution in [0.1, 0.15) is 37.3 Å². The molecule has 0 spiro atoms. The van der Waals surface area contributed by atoms with Gasteiger partial charge < -0.3 is 5.73 Å². The highest BCUT2D eigenvalue weighted by Crippen LogP contribution is 2.40. The molecule has 0 saturated heterocycles. The molecule has 116 valence electrons. The van der Waals surface area contributed by atoms with Crippen LogP contribution in [-0.4, -0.2) is 12.3 Å². The third kappa shape index (κ3) is 2.64. The van der Waals surface area contributed by atoms with Gasteiger partial charge in [-0.2, -0.15) is 0 Å². The Bertz CT molecular complexity index is 760. The minimum absolute atomic E-state index is 0.107. The lowest BCUT2D eigenvalue weighted by Crippen LogP contribution is -2.17. The molecule has 1 unspecified atom stereocenters. The third-order valence-electron chi connectivity index (χ3n) is 4.91. The molecule has 1 aliphatic heterocycles. The maximum atomic E-state index is 6.01. The van der Waals surface area contributed by atoms with Crippen LogP contribution in [0.5, 0.6) is 0 Å². The zero-order valence-corrected chi connectivity index (χ0v) is 13.3. The van der Waals surface area contributed by atoms with Crippen LogP contribution in [0.3, 0.4) is 0 Å². The molecular weight excluding hydrogens is 280 g/mol. The number of benzene rings is 1. The highest BCUT2D eigenvalue weighted by atomic mass is 14.8. The van der Waals surface area contributed by atoms with Crippen LogP contribution >= 0.6 is 0 Å². The van der Waals surface area contributed by atoms with Gasteiger partial charge in [-0.05, 0) is 54.0 Å². The molecule has 1 atom stereocenters. The van der Waals surface area contributed by atoms with Crippen molar-refractivity contribution >= 4 is 5.71 Å². The summed E-state index contributed by atoms with van der Waals surface area (Å²) in [7, 11) is 0. The lowest BCUT2D eigenvalue weighted by molar-refractivity contribution is 0.866. The summed E-state index contributed by atoms with van der Waals surface area (Å²) < 4.78 is 0. The van der Waals surface area contributed by atoms with Crippen molar-refractivity contribution in [3.63, 3.8) is 0 Å². The van der Waals surface area contributed by atoms with Crippen LogP contribution in [0.4, 0.5) is 0 Å². The maximum absolute atomic E-state index is 6.01. The Labute approximate surface area is 137 Å². The lowest BCUT2D eigenvalue weighted by Gasteiger charge is -2.24. The van der Waals surface area contributed by atoms with E-state index in [-0.39, 0.29) is 6.04 Å². The van der Waals surface area contributed by atoms with Crippen molar-refractivity contribution < 1.29 is 0 Å². The first-order valence-corrected chi connectivity index (χ1v) is 8.50. The molecule has 0 saturated carbocycles. The first-order chi connectivity index (χ1) is 11.4. The van der Waals surface area contributed by atoms with Gasteiger partial charge in [0.05, 0.1) is 11.8 Å². The zero-order valence-electron chi connectivity index (χ0n) is 13.3. The van der Waals surface area contributed by atoms with E-state index in [0.717, 1.165) is 25.0 Å². The van der Waals surface area contributed by atoms with E-state index in [2.05, 4.69) is 48.6 Å². The van der Waals surface area contributed by atoms with Crippen LogP contribution in [0, 0.1) is 0 Å². The van der Waals surface area contributed by atoms with E-state index in [1.807, 2.05) is 6.07 Å². The van der Waals surface area contributed by atoms with Crippen molar-refractivity contribution in [2.45, 2.75) is 31.7 Å². The van der Waals surface area contributed by atoms with Gasteiger partial charge in [0.15, 0.2) is 0 Å². The van der Waals surface area contributed by atoms with Gasteiger partial charge in [0.2, 0.25) is 0 Å². The minimum atomic E-state index is 0.107. The van der Waals surface area contributed by atoms with Gasteiger partial charge in [0.25, 0.3) is 0 Å². The SMILES string of the molecule is NCC1=NC(c2ccccc2)C=C1C1=CCCC2=C1CCC=C2. The summed E-state index contributed by atoms with van der Waals surface area (Å²) in [6.07, 6.45) is 13.9. The van der Waals surface area contributed by atoms with E-state index in [1.165, 1.54) is 34.3 Å². The highest BCUT2D eigenvalue weighted by molar-refractivity contribution is 6.08. The second kappa shape index (κ2) is 6.13. The van der Waals surface area contributed by atoms with Crippen LogP contribution in [0.2, 0.25) is 0 Å². The number of allylic oxidation sites excluding steroid dienone is 6. The molecule has 2 heteroatoms. The smallest absolute Gasteiger partial charge is 0.0944 e. The fourth-order valence-corrected chi connectivity index (χ4v) is 3.78. The maximum Gasteiger partial charge on any atom is 0.0944 e. The molecule has 2 nitrogen and oxygen atoms in total. The molecule has 0 aromatic heterocycles. The Balaban J connectivity index is 1.73. The van der Waals surface area contributed by atoms with Gasteiger partial charge in [-0.1, -0.05) is 48.6 Å². The molecular formula is C21H22N2. The predicted octanol–water partition coefficient (Wildman–Crippen LogP) is 4.43. The topological polar surface area (TPSA) is 38.4 Å². The molecule has 2 aliphatic carbocycles. The van der Waals surface area contributed by atoms with Crippen molar-refractivity contribution in [2.75, 3.05) is 6.54 Å². The average Bonchev–Trinajstić information content (AvgIpc) is 3.06. The number of nitrogens with zero attached hydrogens (tertiary/aromatic N) is 1. The van der Waals surface area contributed by atoms with Crippen molar-refractivity contribution in [2.24, 2.45) is 10.7 Å². The average molecular weight is 302 g/mol. The van der Waals surface area contributed by atoms with Crippen LogP contribution in [0.15, 0.2) is 81.9 Å². The summed E-state index contributed by atoms with van der Waals surface area (Å²) in [6.45, 7) is 0.505. The normalized spacial score (nSPS) is 23.3. The Morgan fingerprint density at radius 1 is 1.04 bits per heavy atom. The van der Waals surface area contributed by atoms with E-state index in [1.54, 1.807) is 0 Å². The van der Waals surface area contributed by atoms with Gasteiger partial charge in [-0.25, -0.2) is 0 Å². The second-order valence-electron chi connectivity index (χ2n) is 6.32. The van der Waals surface area contributed by atoms with Crippen molar-refractivity contribution in [1.29, 1.82) is 0 Å². The Morgan fingerprint density at radius 2 is 1.91 bits per heavy atom. The van der Waals surface area contributed by atoms with Crippen LogP contribution in [0.25, 0.3) is 0 Å². The van der Waals surface area contributed by atoms with Crippen molar-refractivity contribution in [1.82, 2.24) is 0 Å². The minimum Gasteiger partial charge on any atom is -0.325 e. The van der Waals surface area contributed by atoms with Crippen LogP contribution < -0.4 is 5.73 Å². The molecule has 0 fully saturated rings. The number of hydrogen-bond donors (Lipinski definition) is 1. The zero-order chi connectivity index (χ0) is 15.6. The molecule has 3 aliphatic rings. The fourth-order valence-electron chi connectivity index (χ4n) is 3.78. The standard InChI is InChI=1S/C21H22N2/c22-14-21-19(13-20(23-21)16-8-2-1-3-9-16)18-12-6-10-15-7-4-5-11-17(15)18/h1-4,7-9,12-13,20H,5-6,10-11,14,22H2. The number of rotatable bonds is 3. The number of aliphatic imine (C=N–C) groups is 1. The molecule has 2 N–H and O–H groups in total. The summed E-state index contributed by atoms with van der Waals surface area (Å²) in [4.78, 5) is 4.89. The van der Waals surface area contributed by atoms with Crippen LogP contribution in [-0.2, 0) is 0 Å². The van der Waals surface area contributed by atoms with E-state index in [0.29, 0.717) is 6.54 Å². The molecule has 0 bridgehead atoms. The summed E-state index contributed by atoms with van der Waals surface area (Å²) in [5, 5.41) is 0. The molecule has 1 heterocycles. The summed E-state index contributed by atoms with van der Waals surface area (Å²) >= 11 is 0. The van der Waals surface area contributed by atoms with Gasteiger partial charge in [0, 0.05) is 12.1 Å². The fraction of sp³-hybridized carbons (Fsp3) is 0.286. The Kier molecular flexibility index (Phi) is 3.84. The predicted molar refractivity (Wildman–Crippen MR) is 96.5 cm³/mol. The van der Waals surface area contributed by atoms with Gasteiger partial charge in [-0.15, -0.1) is 0 Å². The molecule has 4 rings (SSSR count). The largest absolute Gasteiger partial charge is 0.325 e. The van der Waals surface area contributed by atoms with E-state index in [9.17, 15) is 0 Å². The lowest BCUT2D eigenvalue weighted by atomic mass is 9.80. The van der Waals surface area contributed by atoms with Crippen molar-refractivity contribution in [3.05, 3.63) is 82.5 Å². The quantitative estimate of drug-likeness (QED) is 0.881. The summed E-state index contributed by atoms with van der Waals surface area (Å²) in [5.41, 5.74) is 14.0. The second-order valence-corrected chi connectivity index (χ2v) is 6.32. The number of nitrogens with two attached hydrogens (primary N) is 1. The van der Waals surface area contributed by atoms with E-state index < -0.39 is 0 Å². The van der Waals surface area contributed by atoms with Gasteiger partial charge in [-0.3, -0.25) is 4.99 Å². The van der Waals surface area contributed by atoms with Gasteiger partial charge >= 0.3 is 0 Å². The third-order valence-corrected chi connectivity index (χ3v) is 4.91. The summed E-state index contributed by atoms with van der Waals surface area (Å²) in [6, 6.07) is 10.6. The molecule has 1 aromatic carbocycles. The molecule has 1 aromatic rings. The monoisotopic (exact) mass is 302 g/mol. The van der Waals surface area contributed by atoms with Crippen molar-refractivity contribution in [3.8, 4) is 0 Å². The Hall–Kier alpha value is -2.19. The van der Waals surface area contributed by atoms with Gasteiger partial charge in [0.1, 0.15) is 0 Å². The highest BCUT2D eigenvalue weighted by Gasteiger charge is 2.26. The molecule has 0 amide bonds. The summed E-state index contributed by atoms with van der Waals surface area (Å²) in [5.74, 6) is 0.